The Hall–Kier alpha value is 0.543. The Labute approximate surface area is 44.1 Å². The van der Waals surface area contributed by atoms with Crippen LogP contribution in [0.3, 0.4) is 0 Å². The summed E-state index contributed by atoms with van der Waals surface area (Å²) in [5.74, 6) is 0. The SMILES string of the molecule is NCCO.[Zn]. The largest absolute Gasteiger partial charge is 0.395 e. The van der Waals surface area contributed by atoms with Crippen LogP contribution in [0.5, 0.6) is 0 Å². The average molecular weight is 126 g/mol. The first-order chi connectivity index (χ1) is 1.91. The smallest absolute Gasteiger partial charge is 0.0553 e. The van der Waals surface area contributed by atoms with Gasteiger partial charge in [0, 0.05) is 26.0 Å². The van der Waals surface area contributed by atoms with E-state index in [2.05, 4.69) is 0 Å². The minimum Gasteiger partial charge on any atom is -0.395 e. The van der Waals surface area contributed by atoms with Crippen molar-refractivity contribution in [3.8, 4) is 0 Å². The third-order valence-corrected chi connectivity index (χ3v) is 0.129. The van der Waals surface area contributed by atoms with Gasteiger partial charge in [-0.1, -0.05) is 0 Å². The number of nitrogens with two attached hydrogens (primary N) is 1. The predicted molar refractivity (Wildman–Crippen MR) is 16.1 cm³/mol. The van der Waals surface area contributed by atoms with Crippen molar-refractivity contribution in [2.45, 2.75) is 0 Å². The van der Waals surface area contributed by atoms with Crippen LogP contribution in [0.25, 0.3) is 0 Å². The van der Waals surface area contributed by atoms with Gasteiger partial charge in [0.25, 0.3) is 0 Å². The van der Waals surface area contributed by atoms with Crippen LogP contribution in [0.2, 0.25) is 0 Å². The van der Waals surface area contributed by atoms with E-state index in [1.807, 2.05) is 0 Å². The molecule has 0 aromatic rings. The van der Waals surface area contributed by atoms with Crippen molar-refractivity contribution in [1.29, 1.82) is 0 Å². The summed E-state index contributed by atoms with van der Waals surface area (Å²) in [6, 6.07) is 0. The van der Waals surface area contributed by atoms with Crippen LogP contribution in [0, 0.1) is 0 Å². The second kappa shape index (κ2) is 8.82. The number of aliphatic hydroxyl groups is 1. The van der Waals surface area contributed by atoms with E-state index in [0.717, 1.165) is 0 Å². The summed E-state index contributed by atoms with van der Waals surface area (Å²) in [4.78, 5) is 0. The molecule has 3 N–H and O–H groups in total. The van der Waals surface area contributed by atoms with Gasteiger partial charge >= 0.3 is 0 Å². The molecule has 0 aliphatic rings. The molecule has 0 unspecified atom stereocenters. The molecule has 0 spiro atoms. The molecule has 0 amide bonds. The molecule has 0 aliphatic carbocycles. The van der Waals surface area contributed by atoms with E-state index in [0.29, 0.717) is 6.54 Å². The van der Waals surface area contributed by atoms with Crippen LogP contribution in [0.15, 0.2) is 0 Å². The van der Waals surface area contributed by atoms with Crippen LogP contribution in [0.1, 0.15) is 0 Å². The van der Waals surface area contributed by atoms with E-state index < -0.39 is 0 Å². The molecule has 0 heterocycles. The van der Waals surface area contributed by atoms with Crippen molar-refractivity contribution in [1.82, 2.24) is 0 Å². The van der Waals surface area contributed by atoms with Gasteiger partial charge in [-0.25, -0.2) is 0 Å². The average Bonchev–Trinajstić information content (AvgIpc) is 1.37. The van der Waals surface area contributed by atoms with Gasteiger partial charge in [-0.3, -0.25) is 0 Å². The van der Waals surface area contributed by atoms with Crippen LogP contribution in [-0.2, 0) is 19.5 Å². The van der Waals surface area contributed by atoms with E-state index in [1.54, 1.807) is 0 Å². The first-order valence-corrected chi connectivity index (χ1v) is 1.22. The van der Waals surface area contributed by atoms with Gasteiger partial charge in [0.15, 0.2) is 0 Å². The summed E-state index contributed by atoms with van der Waals surface area (Å²) in [6.45, 7) is 0.472. The third-order valence-electron chi connectivity index (χ3n) is 0.129. The van der Waals surface area contributed by atoms with E-state index in [1.165, 1.54) is 0 Å². The zero-order valence-electron chi connectivity index (χ0n) is 3.15. The fourth-order valence-corrected chi connectivity index (χ4v) is 0. The summed E-state index contributed by atoms with van der Waals surface area (Å²) in [7, 11) is 0. The fraction of sp³-hybridized carbons (Fsp3) is 1.00. The Morgan fingerprint density at radius 1 is 1.60 bits per heavy atom. The van der Waals surface area contributed by atoms with Gasteiger partial charge in [0.2, 0.25) is 0 Å². The van der Waals surface area contributed by atoms with Crippen LogP contribution in [-0.4, -0.2) is 18.3 Å². The Bertz CT molecular complexity index is 11.6. The Kier molecular flexibility index (Phi) is 16.1. The van der Waals surface area contributed by atoms with Crippen molar-refractivity contribution >= 4 is 0 Å². The minimum absolute atomic E-state index is 0. The molecule has 0 radical (unpaired) electrons. The maximum atomic E-state index is 7.75. The molecule has 5 heavy (non-hydrogen) atoms. The van der Waals surface area contributed by atoms with Crippen molar-refractivity contribution in [3.63, 3.8) is 0 Å². The normalized spacial score (nSPS) is 6.00. The Balaban J connectivity index is 0. The van der Waals surface area contributed by atoms with E-state index in [-0.39, 0.29) is 26.1 Å². The summed E-state index contributed by atoms with van der Waals surface area (Å²) >= 11 is 0. The van der Waals surface area contributed by atoms with Gasteiger partial charge in [0.1, 0.15) is 0 Å². The maximum absolute atomic E-state index is 7.75. The van der Waals surface area contributed by atoms with Gasteiger partial charge < -0.3 is 10.8 Å². The van der Waals surface area contributed by atoms with E-state index >= 15 is 0 Å². The standard InChI is InChI=1S/C2H7NO.Zn/c3-1-2-4;/h4H,1-3H2;. The molecule has 2 nitrogen and oxygen atoms in total. The molecule has 0 bridgehead atoms. The summed E-state index contributed by atoms with van der Waals surface area (Å²) in [5.41, 5.74) is 4.78. The monoisotopic (exact) mass is 125 g/mol. The van der Waals surface area contributed by atoms with Crippen LogP contribution in [0.4, 0.5) is 0 Å². The van der Waals surface area contributed by atoms with Crippen molar-refractivity contribution < 1.29 is 24.6 Å². The number of rotatable bonds is 1. The zero-order chi connectivity index (χ0) is 3.41. The Morgan fingerprint density at radius 3 is 1.80 bits per heavy atom. The zero-order valence-corrected chi connectivity index (χ0v) is 6.11. The molecule has 0 aromatic heterocycles. The second-order valence-corrected chi connectivity index (χ2v) is 0.512. The summed E-state index contributed by atoms with van der Waals surface area (Å²) in [6.07, 6.45) is 0. The molecule has 0 aliphatic heterocycles. The summed E-state index contributed by atoms with van der Waals surface area (Å²) < 4.78 is 0. The molecule has 3 heteroatoms. The van der Waals surface area contributed by atoms with Crippen molar-refractivity contribution in [3.05, 3.63) is 0 Å². The fourth-order valence-electron chi connectivity index (χ4n) is 0. The molecular weight excluding hydrogens is 119 g/mol. The molecule has 0 fully saturated rings. The predicted octanol–water partition coefficient (Wildman–Crippen LogP) is -1.07. The van der Waals surface area contributed by atoms with E-state index in [9.17, 15) is 0 Å². The van der Waals surface area contributed by atoms with Crippen LogP contribution >= 0.6 is 0 Å². The quantitative estimate of drug-likeness (QED) is 0.440. The Morgan fingerprint density at radius 2 is 1.80 bits per heavy atom. The number of hydrogen-bond donors (Lipinski definition) is 2. The molecule has 0 saturated heterocycles. The summed E-state index contributed by atoms with van der Waals surface area (Å²) in [5, 5.41) is 7.75. The topological polar surface area (TPSA) is 46.2 Å². The van der Waals surface area contributed by atoms with Crippen LogP contribution < -0.4 is 5.73 Å². The van der Waals surface area contributed by atoms with Gasteiger partial charge in [-0.2, -0.15) is 0 Å². The second-order valence-electron chi connectivity index (χ2n) is 0.512. The van der Waals surface area contributed by atoms with Gasteiger partial charge in [0.05, 0.1) is 6.61 Å². The molecule has 0 atom stereocenters. The van der Waals surface area contributed by atoms with Gasteiger partial charge in [-0.05, 0) is 0 Å². The third kappa shape index (κ3) is 12.3. The molecule has 28 valence electrons. The minimum atomic E-state index is 0. The number of aliphatic hydroxyl groups excluding tert-OH is 1. The van der Waals surface area contributed by atoms with E-state index in [4.69, 9.17) is 10.8 Å². The maximum Gasteiger partial charge on any atom is 0.0553 e. The molecular formula is C2H7NOZn. The molecule has 0 saturated carbocycles. The first-order valence-electron chi connectivity index (χ1n) is 1.22. The molecule has 0 aromatic carbocycles. The van der Waals surface area contributed by atoms with Gasteiger partial charge in [-0.15, -0.1) is 0 Å². The van der Waals surface area contributed by atoms with Crippen molar-refractivity contribution in [2.24, 2.45) is 5.73 Å². The molecule has 0 rings (SSSR count). The number of hydrogen-bond acceptors (Lipinski definition) is 2. The van der Waals surface area contributed by atoms with Crippen molar-refractivity contribution in [2.75, 3.05) is 13.2 Å². The first kappa shape index (κ1) is 9.11.